The van der Waals surface area contributed by atoms with Gasteiger partial charge in [0.2, 0.25) is 0 Å². The fourth-order valence-electron chi connectivity index (χ4n) is 2.01. The zero-order chi connectivity index (χ0) is 17.0. The summed E-state index contributed by atoms with van der Waals surface area (Å²) in [5.41, 5.74) is 1.48. The molecule has 0 fully saturated rings. The van der Waals surface area contributed by atoms with Crippen LogP contribution in [0.1, 0.15) is 31.1 Å². The second-order valence-electron chi connectivity index (χ2n) is 4.79. The van der Waals surface area contributed by atoms with Crippen LogP contribution in [-0.2, 0) is 4.74 Å². The number of carbonyl (C=O) groups is 3. The lowest BCUT2D eigenvalue weighted by molar-refractivity contribution is 0.0599. The molecule has 0 bridgehead atoms. The van der Waals surface area contributed by atoms with Gasteiger partial charge in [-0.05, 0) is 48.5 Å². The summed E-state index contributed by atoms with van der Waals surface area (Å²) in [7, 11) is 2.90. The highest BCUT2D eigenvalue weighted by molar-refractivity contribution is 6.06. The number of hydrogen-bond acceptors (Lipinski definition) is 4. The number of amides is 1. The topological polar surface area (TPSA) is 83.9 Å². The molecule has 118 valence electrons. The first-order valence-electron chi connectivity index (χ1n) is 6.74. The van der Waals surface area contributed by atoms with Gasteiger partial charge in [0.05, 0.1) is 18.2 Å². The molecule has 0 atom stereocenters. The number of benzene rings is 2. The van der Waals surface area contributed by atoms with E-state index in [2.05, 4.69) is 4.74 Å². The van der Waals surface area contributed by atoms with Crippen molar-refractivity contribution in [2.75, 3.05) is 19.1 Å². The molecule has 0 saturated carbocycles. The predicted molar refractivity (Wildman–Crippen MR) is 83.9 cm³/mol. The number of aromatic carboxylic acids is 1. The average Bonchev–Trinajstić information content (AvgIpc) is 2.60. The quantitative estimate of drug-likeness (QED) is 0.877. The lowest BCUT2D eigenvalue weighted by Crippen LogP contribution is -2.26. The number of nitrogens with zero attached hydrogens (tertiary/aromatic N) is 1. The number of methoxy groups -OCH3 is 1. The first kappa shape index (κ1) is 16.2. The number of esters is 1. The van der Waals surface area contributed by atoms with E-state index in [0.717, 1.165) is 0 Å². The molecule has 0 unspecified atom stereocenters. The lowest BCUT2D eigenvalue weighted by atomic mass is 10.1. The maximum atomic E-state index is 12.4. The normalized spacial score (nSPS) is 10.0. The van der Waals surface area contributed by atoms with Gasteiger partial charge in [0, 0.05) is 18.3 Å². The molecule has 0 aliphatic heterocycles. The molecule has 1 N–H and O–H groups in total. The molecule has 2 aromatic carbocycles. The van der Waals surface area contributed by atoms with Crippen molar-refractivity contribution in [2.45, 2.75) is 0 Å². The number of hydrogen-bond donors (Lipinski definition) is 1. The first-order valence-corrected chi connectivity index (χ1v) is 6.74. The zero-order valence-corrected chi connectivity index (χ0v) is 12.6. The highest BCUT2D eigenvalue weighted by atomic mass is 16.5. The highest BCUT2D eigenvalue weighted by Gasteiger charge is 2.15. The maximum Gasteiger partial charge on any atom is 0.337 e. The summed E-state index contributed by atoms with van der Waals surface area (Å²) in [6, 6.07) is 12.1. The minimum Gasteiger partial charge on any atom is -0.478 e. The number of rotatable bonds is 4. The molecule has 6 nitrogen and oxygen atoms in total. The van der Waals surface area contributed by atoms with Crippen LogP contribution < -0.4 is 4.90 Å². The third kappa shape index (κ3) is 3.55. The molecule has 1 amide bonds. The van der Waals surface area contributed by atoms with Gasteiger partial charge in [-0.15, -0.1) is 0 Å². The van der Waals surface area contributed by atoms with Gasteiger partial charge in [-0.3, -0.25) is 4.79 Å². The van der Waals surface area contributed by atoms with Crippen LogP contribution in [0, 0.1) is 0 Å². The molecule has 0 heterocycles. The number of carboxylic acids is 1. The Hall–Kier alpha value is -3.15. The summed E-state index contributed by atoms with van der Waals surface area (Å²) in [5, 5.41) is 8.86. The summed E-state index contributed by atoms with van der Waals surface area (Å²) in [5.74, 6) is -1.78. The van der Waals surface area contributed by atoms with E-state index in [0.29, 0.717) is 16.8 Å². The van der Waals surface area contributed by atoms with E-state index in [4.69, 9.17) is 5.11 Å². The Kier molecular flexibility index (Phi) is 4.75. The molecule has 2 rings (SSSR count). The highest BCUT2D eigenvalue weighted by Crippen LogP contribution is 2.17. The van der Waals surface area contributed by atoms with Gasteiger partial charge in [0.1, 0.15) is 0 Å². The molecular weight excluding hydrogens is 298 g/mol. The molecule has 0 radical (unpaired) electrons. The van der Waals surface area contributed by atoms with Crippen LogP contribution in [0.4, 0.5) is 5.69 Å². The molecule has 0 aliphatic carbocycles. The number of carboxylic acid groups (broad SMARTS) is 1. The van der Waals surface area contributed by atoms with Crippen molar-refractivity contribution in [3.05, 3.63) is 65.2 Å². The van der Waals surface area contributed by atoms with E-state index in [9.17, 15) is 14.4 Å². The molecule has 23 heavy (non-hydrogen) atoms. The fraction of sp³-hybridized carbons (Fsp3) is 0.118. The number of anilines is 1. The van der Waals surface area contributed by atoms with Crippen molar-refractivity contribution in [2.24, 2.45) is 0 Å². The summed E-state index contributed by atoms with van der Waals surface area (Å²) in [4.78, 5) is 36.0. The first-order chi connectivity index (χ1) is 10.9. The standard InChI is InChI=1S/C17H15NO5/c1-18(14-9-7-13(8-10-14)17(22)23-2)15(19)11-3-5-12(6-4-11)16(20)21/h3-10H,1-2H3,(H,20,21). The van der Waals surface area contributed by atoms with Crippen molar-refractivity contribution >= 4 is 23.5 Å². The molecule has 6 heteroatoms. The number of carbonyl (C=O) groups excluding carboxylic acids is 2. The Morgan fingerprint density at radius 1 is 0.870 bits per heavy atom. The molecule has 0 saturated heterocycles. The van der Waals surface area contributed by atoms with Crippen molar-refractivity contribution in [1.29, 1.82) is 0 Å². The van der Waals surface area contributed by atoms with Crippen LogP contribution in [0.5, 0.6) is 0 Å². The van der Waals surface area contributed by atoms with E-state index in [1.165, 1.54) is 36.3 Å². The van der Waals surface area contributed by atoms with Gasteiger partial charge >= 0.3 is 11.9 Å². The largest absolute Gasteiger partial charge is 0.478 e. The van der Waals surface area contributed by atoms with Gasteiger partial charge in [0.25, 0.3) is 5.91 Å². The van der Waals surface area contributed by atoms with Crippen LogP contribution >= 0.6 is 0 Å². The minimum absolute atomic E-state index is 0.117. The second kappa shape index (κ2) is 6.74. The Morgan fingerprint density at radius 3 is 1.83 bits per heavy atom. The smallest absolute Gasteiger partial charge is 0.337 e. The van der Waals surface area contributed by atoms with E-state index in [1.54, 1.807) is 31.3 Å². The van der Waals surface area contributed by atoms with Crippen LogP contribution in [0.15, 0.2) is 48.5 Å². The van der Waals surface area contributed by atoms with Crippen molar-refractivity contribution in [3.63, 3.8) is 0 Å². The van der Waals surface area contributed by atoms with Gasteiger partial charge in [0.15, 0.2) is 0 Å². The monoisotopic (exact) mass is 313 g/mol. The Labute approximate surface area is 132 Å². The molecule has 2 aromatic rings. The van der Waals surface area contributed by atoms with Crippen molar-refractivity contribution < 1.29 is 24.2 Å². The molecule has 0 spiro atoms. The van der Waals surface area contributed by atoms with Crippen LogP contribution in [0.25, 0.3) is 0 Å². The van der Waals surface area contributed by atoms with Gasteiger partial charge in [-0.2, -0.15) is 0 Å². The van der Waals surface area contributed by atoms with Gasteiger partial charge in [-0.1, -0.05) is 0 Å². The molecular formula is C17H15NO5. The SMILES string of the molecule is COC(=O)c1ccc(N(C)C(=O)c2ccc(C(=O)O)cc2)cc1. The molecule has 0 aromatic heterocycles. The van der Waals surface area contributed by atoms with E-state index >= 15 is 0 Å². The summed E-state index contributed by atoms with van der Waals surface area (Å²) in [6.07, 6.45) is 0. The number of ether oxygens (including phenoxy) is 1. The van der Waals surface area contributed by atoms with E-state index < -0.39 is 11.9 Å². The Balaban J connectivity index is 2.18. The van der Waals surface area contributed by atoms with E-state index in [1.807, 2.05) is 0 Å². The third-order valence-electron chi connectivity index (χ3n) is 3.36. The van der Waals surface area contributed by atoms with Crippen molar-refractivity contribution in [3.8, 4) is 0 Å². The fourth-order valence-corrected chi connectivity index (χ4v) is 2.01. The van der Waals surface area contributed by atoms with Crippen LogP contribution in [0.3, 0.4) is 0 Å². The Bertz CT molecular complexity index is 735. The molecule has 0 aliphatic rings. The summed E-state index contributed by atoms with van der Waals surface area (Å²) in [6.45, 7) is 0. The predicted octanol–water partition coefficient (Wildman–Crippen LogP) is 2.45. The van der Waals surface area contributed by atoms with Gasteiger partial charge < -0.3 is 14.7 Å². The zero-order valence-electron chi connectivity index (χ0n) is 12.6. The van der Waals surface area contributed by atoms with Crippen LogP contribution in [-0.4, -0.2) is 37.1 Å². The second-order valence-corrected chi connectivity index (χ2v) is 4.79. The Morgan fingerprint density at radius 2 is 1.35 bits per heavy atom. The van der Waals surface area contributed by atoms with Crippen molar-refractivity contribution in [1.82, 2.24) is 0 Å². The minimum atomic E-state index is -1.05. The van der Waals surface area contributed by atoms with Crippen LogP contribution in [0.2, 0.25) is 0 Å². The summed E-state index contributed by atoms with van der Waals surface area (Å²) < 4.78 is 4.62. The average molecular weight is 313 g/mol. The third-order valence-corrected chi connectivity index (χ3v) is 3.36. The van der Waals surface area contributed by atoms with Gasteiger partial charge in [-0.25, -0.2) is 9.59 Å². The maximum absolute atomic E-state index is 12.4. The van der Waals surface area contributed by atoms with E-state index in [-0.39, 0.29) is 11.5 Å². The summed E-state index contributed by atoms with van der Waals surface area (Å²) >= 11 is 0. The lowest BCUT2D eigenvalue weighted by Gasteiger charge is -2.17.